The van der Waals surface area contributed by atoms with E-state index in [1.54, 1.807) is 0 Å². The Balaban J connectivity index is 2.15. The van der Waals surface area contributed by atoms with Gasteiger partial charge in [0.1, 0.15) is 5.75 Å². The van der Waals surface area contributed by atoms with Crippen molar-refractivity contribution in [2.24, 2.45) is 0 Å². The summed E-state index contributed by atoms with van der Waals surface area (Å²) in [4.78, 5) is 0. The molecule has 0 spiro atoms. The van der Waals surface area contributed by atoms with E-state index in [-0.39, 0.29) is 6.10 Å². The highest BCUT2D eigenvalue weighted by Gasteiger charge is 2.07. The number of rotatable bonds is 5. The summed E-state index contributed by atoms with van der Waals surface area (Å²) in [6, 6.07) is 17.2. The predicted molar refractivity (Wildman–Crippen MR) is 78.0 cm³/mol. The van der Waals surface area contributed by atoms with Crippen molar-refractivity contribution < 1.29 is 9.47 Å². The van der Waals surface area contributed by atoms with Gasteiger partial charge < -0.3 is 9.47 Å². The molecular formula is C17H17NO2. The molecule has 0 N–H and O–H groups in total. The fourth-order valence-electron chi connectivity index (χ4n) is 1.78. The molecule has 2 aromatic rings. The lowest BCUT2D eigenvalue weighted by molar-refractivity contribution is 0.233. The van der Waals surface area contributed by atoms with Crippen LogP contribution in [-0.2, 0) is 6.42 Å². The minimum Gasteiger partial charge on any atom is -0.487 e. The second-order valence-electron chi connectivity index (χ2n) is 4.69. The molecule has 3 heteroatoms. The zero-order chi connectivity index (χ0) is 14.4. The van der Waals surface area contributed by atoms with Gasteiger partial charge in [-0.25, -0.2) is 0 Å². The molecule has 3 nitrogen and oxygen atoms in total. The van der Waals surface area contributed by atoms with Crippen LogP contribution in [0.5, 0.6) is 17.2 Å². The highest BCUT2D eigenvalue weighted by Crippen LogP contribution is 2.31. The minimum atomic E-state index is 0.0951. The van der Waals surface area contributed by atoms with E-state index in [1.807, 2.05) is 62.4 Å². The smallest absolute Gasteiger partial charge is 0.169 e. The van der Waals surface area contributed by atoms with Gasteiger partial charge in [-0.3, -0.25) is 0 Å². The van der Waals surface area contributed by atoms with Crippen molar-refractivity contribution in [2.75, 3.05) is 0 Å². The minimum absolute atomic E-state index is 0.0951. The van der Waals surface area contributed by atoms with Crippen LogP contribution in [0.1, 0.15) is 19.4 Å². The van der Waals surface area contributed by atoms with Crippen LogP contribution in [0, 0.1) is 11.3 Å². The van der Waals surface area contributed by atoms with Crippen molar-refractivity contribution in [1.82, 2.24) is 0 Å². The summed E-state index contributed by atoms with van der Waals surface area (Å²) in [5, 5.41) is 8.65. The van der Waals surface area contributed by atoms with Gasteiger partial charge >= 0.3 is 0 Å². The van der Waals surface area contributed by atoms with Crippen molar-refractivity contribution in [2.45, 2.75) is 26.4 Å². The summed E-state index contributed by atoms with van der Waals surface area (Å²) in [6.45, 7) is 3.96. The summed E-state index contributed by atoms with van der Waals surface area (Å²) < 4.78 is 11.5. The van der Waals surface area contributed by atoms with E-state index in [9.17, 15) is 0 Å². The van der Waals surface area contributed by atoms with Gasteiger partial charge in [0.05, 0.1) is 18.6 Å². The highest BCUT2D eigenvalue weighted by atomic mass is 16.5. The number of hydrogen-bond acceptors (Lipinski definition) is 3. The third kappa shape index (κ3) is 3.76. The molecule has 0 atom stereocenters. The average Bonchev–Trinajstić information content (AvgIpc) is 2.43. The maximum atomic E-state index is 8.65. The Morgan fingerprint density at radius 3 is 2.25 bits per heavy atom. The summed E-state index contributed by atoms with van der Waals surface area (Å²) in [5.74, 6) is 2.14. The third-order valence-corrected chi connectivity index (χ3v) is 2.65. The number of nitrogens with zero attached hydrogens (tertiary/aromatic N) is 1. The Labute approximate surface area is 119 Å². The van der Waals surface area contributed by atoms with Gasteiger partial charge in [0, 0.05) is 0 Å². The number of ether oxygens (including phenoxy) is 2. The van der Waals surface area contributed by atoms with Crippen LogP contribution in [0.4, 0.5) is 0 Å². The van der Waals surface area contributed by atoms with Crippen LogP contribution in [0.25, 0.3) is 0 Å². The molecule has 0 aliphatic rings. The zero-order valence-corrected chi connectivity index (χ0v) is 11.7. The lowest BCUT2D eigenvalue weighted by Crippen LogP contribution is -2.06. The van der Waals surface area contributed by atoms with E-state index in [0.717, 1.165) is 17.1 Å². The van der Waals surface area contributed by atoms with Crippen LogP contribution in [0.3, 0.4) is 0 Å². The largest absolute Gasteiger partial charge is 0.487 e. The van der Waals surface area contributed by atoms with Gasteiger partial charge in [0.2, 0.25) is 0 Å². The molecule has 0 bridgehead atoms. The van der Waals surface area contributed by atoms with E-state index >= 15 is 0 Å². The van der Waals surface area contributed by atoms with E-state index < -0.39 is 0 Å². The molecule has 20 heavy (non-hydrogen) atoms. The number of nitriles is 1. The Morgan fingerprint density at radius 1 is 1.00 bits per heavy atom. The second-order valence-corrected chi connectivity index (χ2v) is 4.69. The van der Waals surface area contributed by atoms with Crippen LogP contribution < -0.4 is 9.47 Å². The second kappa shape index (κ2) is 6.63. The van der Waals surface area contributed by atoms with Crippen molar-refractivity contribution in [3.05, 3.63) is 54.1 Å². The topological polar surface area (TPSA) is 42.2 Å². The van der Waals surface area contributed by atoms with E-state index in [0.29, 0.717) is 12.2 Å². The molecule has 0 aliphatic heterocycles. The summed E-state index contributed by atoms with van der Waals surface area (Å²) in [6.07, 6.45) is 0.505. The van der Waals surface area contributed by atoms with Gasteiger partial charge in [-0.1, -0.05) is 24.3 Å². The van der Waals surface area contributed by atoms with E-state index in [2.05, 4.69) is 6.07 Å². The van der Waals surface area contributed by atoms with Gasteiger partial charge in [-0.15, -0.1) is 0 Å². The maximum Gasteiger partial charge on any atom is 0.169 e. The van der Waals surface area contributed by atoms with Gasteiger partial charge in [-0.2, -0.15) is 5.26 Å². The molecule has 102 valence electrons. The molecular weight excluding hydrogens is 250 g/mol. The molecule has 0 aromatic heterocycles. The third-order valence-electron chi connectivity index (χ3n) is 2.65. The first-order valence-electron chi connectivity index (χ1n) is 6.58. The monoisotopic (exact) mass is 267 g/mol. The highest BCUT2D eigenvalue weighted by molar-refractivity contribution is 5.43. The van der Waals surface area contributed by atoms with Crippen LogP contribution >= 0.6 is 0 Å². The Hall–Kier alpha value is -2.47. The van der Waals surface area contributed by atoms with Crippen molar-refractivity contribution >= 4 is 0 Å². The van der Waals surface area contributed by atoms with E-state index in [4.69, 9.17) is 14.7 Å². The molecule has 0 radical (unpaired) electrons. The SMILES string of the molecule is CC(C)Oc1ccccc1Oc1ccc(CC#N)cc1. The predicted octanol–water partition coefficient (Wildman–Crippen LogP) is 4.33. The Kier molecular flexibility index (Phi) is 4.62. The zero-order valence-electron chi connectivity index (χ0n) is 11.7. The van der Waals surface area contributed by atoms with Crippen molar-refractivity contribution in [3.8, 4) is 23.3 Å². The summed E-state index contributed by atoms with van der Waals surface area (Å²) in [7, 11) is 0. The fourth-order valence-corrected chi connectivity index (χ4v) is 1.78. The number of para-hydroxylation sites is 2. The Bertz CT molecular complexity index is 597. The maximum absolute atomic E-state index is 8.65. The quantitative estimate of drug-likeness (QED) is 0.809. The van der Waals surface area contributed by atoms with Crippen molar-refractivity contribution in [1.29, 1.82) is 5.26 Å². The van der Waals surface area contributed by atoms with Gasteiger partial charge in [0.15, 0.2) is 11.5 Å². The molecule has 0 aliphatic carbocycles. The fraction of sp³-hybridized carbons (Fsp3) is 0.235. The average molecular weight is 267 g/mol. The molecule has 0 heterocycles. The lowest BCUT2D eigenvalue weighted by Gasteiger charge is -2.14. The summed E-state index contributed by atoms with van der Waals surface area (Å²) in [5.41, 5.74) is 0.978. The molecule has 0 saturated carbocycles. The molecule has 0 fully saturated rings. The Morgan fingerprint density at radius 2 is 1.65 bits per heavy atom. The van der Waals surface area contributed by atoms with Crippen LogP contribution in [-0.4, -0.2) is 6.10 Å². The van der Waals surface area contributed by atoms with Gasteiger partial charge in [-0.05, 0) is 43.7 Å². The van der Waals surface area contributed by atoms with Crippen molar-refractivity contribution in [3.63, 3.8) is 0 Å². The summed E-state index contributed by atoms with van der Waals surface area (Å²) >= 11 is 0. The lowest BCUT2D eigenvalue weighted by atomic mass is 10.2. The molecule has 0 amide bonds. The number of hydrogen-bond donors (Lipinski definition) is 0. The van der Waals surface area contributed by atoms with E-state index in [1.165, 1.54) is 0 Å². The molecule has 0 unspecified atom stereocenters. The van der Waals surface area contributed by atoms with Crippen LogP contribution in [0.15, 0.2) is 48.5 Å². The molecule has 0 saturated heterocycles. The molecule has 2 rings (SSSR count). The van der Waals surface area contributed by atoms with Crippen LogP contribution in [0.2, 0.25) is 0 Å². The van der Waals surface area contributed by atoms with Gasteiger partial charge in [0.25, 0.3) is 0 Å². The number of benzene rings is 2. The first-order valence-corrected chi connectivity index (χ1v) is 6.58. The standard InChI is InChI=1S/C17H17NO2/c1-13(2)19-16-5-3-4-6-17(16)20-15-9-7-14(8-10-15)11-12-18/h3-10,13H,11H2,1-2H3. The molecule has 2 aromatic carbocycles. The normalized spacial score (nSPS) is 10.1. The first-order chi connectivity index (χ1) is 9.69. The first kappa shape index (κ1) is 14.0.